The van der Waals surface area contributed by atoms with Gasteiger partial charge >= 0.3 is 0 Å². The Kier molecular flexibility index (Phi) is 5.74. The highest BCUT2D eigenvalue weighted by Crippen LogP contribution is 2.30. The Balaban J connectivity index is 1.51. The number of piperidine rings is 2. The van der Waals surface area contributed by atoms with Crippen molar-refractivity contribution in [2.24, 2.45) is 11.8 Å². The van der Waals surface area contributed by atoms with Crippen molar-refractivity contribution in [1.82, 2.24) is 10.2 Å². The van der Waals surface area contributed by atoms with Crippen molar-refractivity contribution in [3.05, 3.63) is 29.8 Å². The number of hydrogen-bond donors (Lipinski definition) is 1. The minimum Gasteiger partial charge on any atom is -0.494 e. The first-order valence-corrected chi connectivity index (χ1v) is 9.00. The van der Waals surface area contributed by atoms with E-state index in [0.29, 0.717) is 0 Å². The topological polar surface area (TPSA) is 24.5 Å². The van der Waals surface area contributed by atoms with Crippen LogP contribution in [-0.2, 0) is 6.54 Å². The lowest BCUT2D eigenvalue weighted by atomic mass is 9.80. The minimum absolute atomic E-state index is 0.744. The molecule has 1 atom stereocenters. The Morgan fingerprint density at radius 1 is 1.14 bits per heavy atom. The van der Waals surface area contributed by atoms with E-state index in [1.165, 1.54) is 57.4 Å². The van der Waals surface area contributed by atoms with Gasteiger partial charge in [-0.15, -0.1) is 0 Å². The summed E-state index contributed by atoms with van der Waals surface area (Å²) in [4.78, 5) is 2.60. The lowest BCUT2D eigenvalue weighted by Crippen LogP contribution is -2.40. The van der Waals surface area contributed by atoms with Crippen molar-refractivity contribution < 1.29 is 4.74 Å². The van der Waals surface area contributed by atoms with Gasteiger partial charge in [0.15, 0.2) is 0 Å². The molecule has 0 aliphatic carbocycles. The van der Waals surface area contributed by atoms with Gasteiger partial charge in [0.2, 0.25) is 0 Å². The fourth-order valence-electron chi connectivity index (χ4n) is 4.04. The van der Waals surface area contributed by atoms with E-state index in [0.717, 1.165) is 30.7 Å². The van der Waals surface area contributed by atoms with Crippen molar-refractivity contribution in [3.8, 4) is 5.75 Å². The molecule has 122 valence electrons. The number of hydrogen-bond acceptors (Lipinski definition) is 3. The van der Waals surface area contributed by atoms with E-state index in [-0.39, 0.29) is 0 Å². The van der Waals surface area contributed by atoms with Crippen LogP contribution >= 0.6 is 0 Å². The summed E-state index contributed by atoms with van der Waals surface area (Å²) in [6.45, 7) is 8.78. The van der Waals surface area contributed by atoms with Gasteiger partial charge in [-0.05, 0) is 76.7 Å². The van der Waals surface area contributed by atoms with E-state index in [4.69, 9.17) is 4.74 Å². The second kappa shape index (κ2) is 7.98. The van der Waals surface area contributed by atoms with Gasteiger partial charge in [-0.2, -0.15) is 0 Å². The van der Waals surface area contributed by atoms with Gasteiger partial charge in [0.25, 0.3) is 0 Å². The molecule has 22 heavy (non-hydrogen) atoms. The molecule has 3 nitrogen and oxygen atoms in total. The normalized spacial score (nSPS) is 24.3. The molecule has 1 aromatic carbocycles. The van der Waals surface area contributed by atoms with Crippen molar-refractivity contribution >= 4 is 0 Å². The number of rotatable bonds is 5. The van der Waals surface area contributed by atoms with Crippen LogP contribution in [0.25, 0.3) is 0 Å². The van der Waals surface area contributed by atoms with Gasteiger partial charge in [0, 0.05) is 12.1 Å². The summed E-state index contributed by atoms with van der Waals surface area (Å²) in [5.74, 6) is 2.92. The molecule has 2 fully saturated rings. The van der Waals surface area contributed by atoms with Gasteiger partial charge in [0.05, 0.1) is 6.61 Å². The van der Waals surface area contributed by atoms with Crippen molar-refractivity contribution in [3.63, 3.8) is 0 Å². The van der Waals surface area contributed by atoms with E-state index in [9.17, 15) is 0 Å². The van der Waals surface area contributed by atoms with Gasteiger partial charge in [-0.3, -0.25) is 4.90 Å². The molecule has 1 N–H and O–H groups in total. The Bertz CT molecular complexity index is 449. The number of benzene rings is 1. The highest BCUT2D eigenvalue weighted by atomic mass is 16.5. The predicted octanol–water partition coefficient (Wildman–Crippen LogP) is 3.30. The summed E-state index contributed by atoms with van der Waals surface area (Å²) in [6, 6.07) is 8.50. The fourth-order valence-corrected chi connectivity index (χ4v) is 4.04. The van der Waals surface area contributed by atoms with E-state index in [2.05, 4.69) is 41.4 Å². The zero-order chi connectivity index (χ0) is 15.2. The number of nitrogens with one attached hydrogen (secondary N) is 1. The van der Waals surface area contributed by atoms with Crippen LogP contribution in [0.15, 0.2) is 24.3 Å². The van der Waals surface area contributed by atoms with Crippen molar-refractivity contribution in [2.75, 3.05) is 32.8 Å². The summed E-state index contributed by atoms with van der Waals surface area (Å²) >= 11 is 0. The van der Waals surface area contributed by atoms with Crippen LogP contribution in [0.1, 0.15) is 38.2 Å². The fraction of sp³-hybridized carbons (Fsp3) is 0.684. The molecule has 3 heteroatoms. The number of nitrogens with zero attached hydrogens (tertiary/aromatic N) is 1. The second-order valence-corrected chi connectivity index (χ2v) is 6.76. The molecule has 0 spiro atoms. The predicted molar refractivity (Wildman–Crippen MR) is 91.2 cm³/mol. The van der Waals surface area contributed by atoms with E-state index in [1.54, 1.807) is 0 Å². The minimum atomic E-state index is 0.744. The lowest BCUT2D eigenvalue weighted by molar-refractivity contribution is 0.127. The summed E-state index contributed by atoms with van der Waals surface area (Å²) in [5, 5.41) is 3.57. The molecule has 0 amide bonds. The quantitative estimate of drug-likeness (QED) is 0.903. The number of para-hydroxylation sites is 1. The van der Waals surface area contributed by atoms with E-state index >= 15 is 0 Å². The zero-order valence-electron chi connectivity index (χ0n) is 13.9. The summed E-state index contributed by atoms with van der Waals surface area (Å²) in [6.07, 6.45) is 5.53. The third kappa shape index (κ3) is 4.02. The third-order valence-corrected chi connectivity index (χ3v) is 5.30. The standard InChI is InChI=1S/C19H30N2O/c1-2-22-19-8-4-3-6-18(19)15-21-12-9-16(10-13-21)17-7-5-11-20-14-17/h3-4,6,8,16-17,20H,2,5,7,9-15H2,1H3. The molecule has 2 aliphatic rings. The molecule has 0 aromatic heterocycles. The van der Waals surface area contributed by atoms with Crippen molar-refractivity contribution in [2.45, 2.75) is 39.2 Å². The highest BCUT2D eigenvalue weighted by Gasteiger charge is 2.27. The maximum absolute atomic E-state index is 5.76. The molecule has 2 heterocycles. The van der Waals surface area contributed by atoms with Crippen LogP contribution < -0.4 is 10.1 Å². The van der Waals surface area contributed by atoms with Crippen LogP contribution in [0, 0.1) is 11.8 Å². The maximum atomic E-state index is 5.76. The molecule has 2 saturated heterocycles. The Hall–Kier alpha value is -1.06. The lowest BCUT2D eigenvalue weighted by Gasteiger charge is -2.38. The molecule has 3 rings (SSSR count). The average molecular weight is 302 g/mol. The average Bonchev–Trinajstić information content (AvgIpc) is 2.58. The molecular formula is C19H30N2O. The van der Waals surface area contributed by atoms with Crippen LogP contribution in [0.2, 0.25) is 0 Å². The SMILES string of the molecule is CCOc1ccccc1CN1CCC(C2CCCNC2)CC1. The van der Waals surface area contributed by atoms with Crippen LogP contribution in [0.3, 0.4) is 0 Å². The van der Waals surface area contributed by atoms with Crippen molar-refractivity contribution in [1.29, 1.82) is 0 Å². The first-order chi connectivity index (χ1) is 10.9. The van der Waals surface area contributed by atoms with E-state index in [1.807, 2.05) is 0 Å². The molecule has 1 aromatic rings. The first-order valence-electron chi connectivity index (χ1n) is 9.00. The largest absolute Gasteiger partial charge is 0.494 e. The summed E-state index contributed by atoms with van der Waals surface area (Å²) < 4.78 is 5.76. The van der Waals surface area contributed by atoms with Gasteiger partial charge in [0.1, 0.15) is 5.75 Å². The van der Waals surface area contributed by atoms with Crippen LogP contribution in [-0.4, -0.2) is 37.7 Å². The molecule has 0 bridgehead atoms. The maximum Gasteiger partial charge on any atom is 0.123 e. The Labute approximate surface area is 135 Å². The number of likely N-dealkylation sites (tertiary alicyclic amines) is 1. The van der Waals surface area contributed by atoms with Gasteiger partial charge in [-0.1, -0.05) is 18.2 Å². The second-order valence-electron chi connectivity index (χ2n) is 6.76. The Morgan fingerprint density at radius 3 is 2.68 bits per heavy atom. The molecule has 0 radical (unpaired) electrons. The number of ether oxygens (including phenoxy) is 1. The molecule has 2 aliphatic heterocycles. The molecular weight excluding hydrogens is 272 g/mol. The monoisotopic (exact) mass is 302 g/mol. The van der Waals surface area contributed by atoms with E-state index < -0.39 is 0 Å². The van der Waals surface area contributed by atoms with Gasteiger partial charge in [-0.25, -0.2) is 0 Å². The third-order valence-electron chi connectivity index (χ3n) is 5.30. The summed E-state index contributed by atoms with van der Waals surface area (Å²) in [7, 11) is 0. The van der Waals surface area contributed by atoms with Crippen LogP contribution in [0.4, 0.5) is 0 Å². The van der Waals surface area contributed by atoms with Gasteiger partial charge < -0.3 is 10.1 Å². The summed E-state index contributed by atoms with van der Waals surface area (Å²) in [5.41, 5.74) is 1.34. The molecule has 0 saturated carbocycles. The molecule has 1 unspecified atom stereocenters. The highest BCUT2D eigenvalue weighted by molar-refractivity contribution is 5.33. The van der Waals surface area contributed by atoms with Crippen LogP contribution in [0.5, 0.6) is 5.75 Å². The zero-order valence-corrected chi connectivity index (χ0v) is 13.9. The first kappa shape index (κ1) is 15.8. The smallest absolute Gasteiger partial charge is 0.123 e. The Morgan fingerprint density at radius 2 is 1.95 bits per heavy atom.